The first-order chi connectivity index (χ1) is 13.0. The SMILES string of the molecule is CC(C)N(C)S(=O)(=O)c1ccc(CNC(=O)c2cc(Cl)ccc2[N+](=O)[O-])cc1. The largest absolute Gasteiger partial charge is 0.348 e. The van der Waals surface area contributed by atoms with E-state index in [0.29, 0.717) is 5.56 Å². The molecule has 150 valence electrons. The minimum atomic E-state index is -3.59. The number of rotatable bonds is 7. The van der Waals surface area contributed by atoms with Gasteiger partial charge < -0.3 is 5.32 Å². The molecule has 0 saturated heterocycles. The molecule has 0 radical (unpaired) electrons. The van der Waals surface area contributed by atoms with Crippen molar-refractivity contribution in [2.24, 2.45) is 0 Å². The van der Waals surface area contributed by atoms with Crippen molar-refractivity contribution in [3.8, 4) is 0 Å². The van der Waals surface area contributed by atoms with Crippen LogP contribution in [-0.2, 0) is 16.6 Å². The van der Waals surface area contributed by atoms with Crippen LogP contribution in [0.5, 0.6) is 0 Å². The van der Waals surface area contributed by atoms with E-state index >= 15 is 0 Å². The maximum Gasteiger partial charge on any atom is 0.282 e. The van der Waals surface area contributed by atoms with Gasteiger partial charge in [-0.15, -0.1) is 0 Å². The molecule has 1 amide bonds. The maximum absolute atomic E-state index is 12.4. The third-order valence-electron chi connectivity index (χ3n) is 4.18. The molecule has 0 aromatic heterocycles. The summed E-state index contributed by atoms with van der Waals surface area (Å²) >= 11 is 5.83. The zero-order valence-corrected chi connectivity index (χ0v) is 17.1. The van der Waals surface area contributed by atoms with Crippen LogP contribution in [0.15, 0.2) is 47.4 Å². The van der Waals surface area contributed by atoms with Gasteiger partial charge >= 0.3 is 0 Å². The Morgan fingerprint density at radius 1 is 1.21 bits per heavy atom. The molecule has 0 heterocycles. The number of nitro benzene ring substituents is 1. The Bertz CT molecular complexity index is 991. The van der Waals surface area contributed by atoms with E-state index in [1.807, 2.05) is 0 Å². The van der Waals surface area contributed by atoms with Crippen molar-refractivity contribution in [3.05, 3.63) is 68.7 Å². The number of amides is 1. The fourth-order valence-electron chi connectivity index (χ4n) is 2.35. The summed E-state index contributed by atoms with van der Waals surface area (Å²) in [5.41, 5.74) is 0.152. The van der Waals surface area contributed by atoms with Gasteiger partial charge in [0.1, 0.15) is 5.56 Å². The normalized spacial score (nSPS) is 11.6. The van der Waals surface area contributed by atoms with Crippen LogP contribution in [0.3, 0.4) is 0 Å². The number of nitrogens with one attached hydrogen (secondary N) is 1. The Kier molecular flexibility index (Phi) is 6.76. The van der Waals surface area contributed by atoms with Gasteiger partial charge in [0.05, 0.1) is 9.82 Å². The lowest BCUT2D eigenvalue weighted by Gasteiger charge is -2.21. The van der Waals surface area contributed by atoms with Gasteiger partial charge in [-0.05, 0) is 43.7 Å². The fourth-order valence-corrected chi connectivity index (χ4v) is 3.89. The first kappa shape index (κ1) is 21.8. The van der Waals surface area contributed by atoms with Crippen molar-refractivity contribution >= 4 is 33.2 Å². The molecule has 0 aliphatic rings. The lowest BCUT2D eigenvalue weighted by Crippen LogP contribution is -2.33. The van der Waals surface area contributed by atoms with Crippen molar-refractivity contribution in [2.45, 2.75) is 31.3 Å². The Balaban J connectivity index is 2.13. The van der Waals surface area contributed by atoms with Crippen molar-refractivity contribution < 1.29 is 18.1 Å². The van der Waals surface area contributed by atoms with Crippen molar-refractivity contribution in [1.82, 2.24) is 9.62 Å². The number of carbonyl (C=O) groups excluding carboxylic acids is 1. The highest BCUT2D eigenvalue weighted by Crippen LogP contribution is 2.23. The molecule has 8 nitrogen and oxygen atoms in total. The lowest BCUT2D eigenvalue weighted by molar-refractivity contribution is -0.385. The van der Waals surface area contributed by atoms with Crippen molar-refractivity contribution in [1.29, 1.82) is 0 Å². The van der Waals surface area contributed by atoms with Gasteiger partial charge in [-0.25, -0.2) is 8.42 Å². The highest BCUT2D eigenvalue weighted by atomic mass is 35.5. The van der Waals surface area contributed by atoms with Crippen LogP contribution in [0.4, 0.5) is 5.69 Å². The number of benzene rings is 2. The van der Waals surface area contributed by atoms with Crippen LogP contribution in [-0.4, -0.2) is 36.6 Å². The fraction of sp³-hybridized carbons (Fsp3) is 0.278. The average molecular weight is 426 g/mol. The molecule has 10 heteroatoms. The zero-order valence-electron chi connectivity index (χ0n) is 15.5. The quantitative estimate of drug-likeness (QED) is 0.541. The first-order valence-corrected chi connectivity index (χ1v) is 10.1. The Morgan fingerprint density at radius 3 is 2.36 bits per heavy atom. The number of nitro groups is 1. The van der Waals surface area contributed by atoms with E-state index in [0.717, 1.165) is 0 Å². The second kappa shape index (κ2) is 8.68. The average Bonchev–Trinajstić information content (AvgIpc) is 2.65. The molecule has 0 spiro atoms. The predicted octanol–water partition coefficient (Wildman–Crippen LogP) is 3.21. The van der Waals surface area contributed by atoms with E-state index in [-0.39, 0.29) is 33.8 Å². The van der Waals surface area contributed by atoms with Gasteiger partial charge in [-0.1, -0.05) is 23.7 Å². The molecule has 2 aromatic rings. The van der Waals surface area contributed by atoms with Gasteiger partial charge in [0, 0.05) is 30.7 Å². The Morgan fingerprint density at radius 2 is 1.82 bits per heavy atom. The molecule has 0 unspecified atom stereocenters. The number of hydrogen-bond donors (Lipinski definition) is 1. The monoisotopic (exact) mass is 425 g/mol. The molecule has 0 aliphatic heterocycles. The van der Waals surface area contributed by atoms with Crippen LogP contribution in [0.1, 0.15) is 29.8 Å². The van der Waals surface area contributed by atoms with Gasteiger partial charge in [0.15, 0.2) is 0 Å². The number of hydrogen-bond acceptors (Lipinski definition) is 5. The van der Waals surface area contributed by atoms with E-state index in [2.05, 4.69) is 5.32 Å². The molecule has 0 saturated carbocycles. The molecule has 28 heavy (non-hydrogen) atoms. The second-order valence-corrected chi connectivity index (χ2v) is 8.79. The molecule has 0 atom stereocenters. The minimum absolute atomic E-state index is 0.0723. The third kappa shape index (κ3) is 4.86. The summed E-state index contributed by atoms with van der Waals surface area (Å²) in [4.78, 5) is 22.9. The molecule has 0 bridgehead atoms. The Labute approximate surface area is 168 Å². The summed E-state index contributed by atoms with van der Waals surface area (Å²) < 4.78 is 26.2. The van der Waals surface area contributed by atoms with E-state index in [9.17, 15) is 23.3 Å². The van der Waals surface area contributed by atoms with Crippen LogP contribution in [0.25, 0.3) is 0 Å². The third-order valence-corrected chi connectivity index (χ3v) is 6.46. The highest BCUT2D eigenvalue weighted by Gasteiger charge is 2.23. The number of carbonyl (C=O) groups is 1. The maximum atomic E-state index is 12.4. The predicted molar refractivity (Wildman–Crippen MR) is 106 cm³/mol. The van der Waals surface area contributed by atoms with Crippen LogP contribution < -0.4 is 5.32 Å². The van der Waals surface area contributed by atoms with Gasteiger partial charge in [0.25, 0.3) is 11.6 Å². The molecule has 0 aliphatic carbocycles. The summed E-state index contributed by atoms with van der Waals surface area (Å²) in [6.45, 7) is 3.62. The standard InChI is InChI=1S/C18H20ClN3O5S/c1-12(2)21(3)28(26,27)15-7-4-13(5-8-15)11-20-18(23)16-10-14(19)6-9-17(16)22(24)25/h4-10,12H,11H2,1-3H3,(H,20,23). The molecular formula is C18H20ClN3O5S. The van der Waals surface area contributed by atoms with Gasteiger partial charge in [0.2, 0.25) is 10.0 Å². The zero-order chi connectivity index (χ0) is 21.1. The van der Waals surface area contributed by atoms with Crippen molar-refractivity contribution in [3.63, 3.8) is 0 Å². The van der Waals surface area contributed by atoms with Crippen LogP contribution in [0, 0.1) is 10.1 Å². The first-order valence-electron chi connectivity index (χ1n) is 8.33. The summed E-state index contributed by atoms with van der Waals surface area (Å²) in [6, 6.07) is 9.62. The van der Waals surface area contributed by atoms with Crippen LogP contribution in [0.2, 0.25) is 5.02 Å². The Hall–Kier alpha value is -2.49. The topological polar surface area (TPSA) is 110 Å². The lowest BCUT2D eigenvalue weighted by atomic mass is 10.1. The summed E-state index contributed by atoms with van der Waals surface area (Å²) in [6.07, 6.45) is 0. The highest BCUT2D eigenvalue weighted by molar-refractivity contribution is 7.89. The summed E-state index contributed by atoms with van der Waals surface area (Å²) in [7, 11) is -2.09. The second-order valence-electron chi connectivity index (χ2n) is 6.36. The minimum Gasteiger partial charge on any atom is -0.348 e. The molecular weight excluding hydrogens is 406 g/mol. The van der Waals surface area contributed by atoms with Gasteiger partial charge in [-0.3, -0.25) is 14.9 Å². The number of halogens is 1. The summed E-state index contributed by atoms with van der Waals surface area (Å²) in [5, 5.41) is 13.9. The number of sulfonamides is 1. The molecule has 1 N–H and O–H groups in total. The van der Waals surface area contributed by atoms with E-state index in [4.69, 9.17) is 11.6 Å². The van der Waals surface area contributed by atoms with E-state index in [1.54, 1.807) is 26.0 Å². The molecule has 2 aromatic carbocycles. The molecule has 0 fully saturated rings. The number of nitrogens with zero attached hydrogens (tertiary/aromatic N) is 2. The molecule has 2 rings (SSSR count). The van der Waals surface area contributed by atoms with E-state index < -0.39 is 20.9 Å². The smallest absolute Gasteiger partial charge is 0.282 e. The summed E-state index contributed by atoms with van der Waals surface area (Å²) in [5.74, 6) is -0.648. The van der Waals surface area contributed by atoms with Crippen molar-refractivity contribution in [2.75, 3.05) is 7.05 Å². The van der Waals surface area contributed by atoms with Gasteiger partial charge in [-0.2, -0.15) is 4.31 Å². The van der Waals surface area contributed by atoms with Crippen LogP contribution >= 0.6 is 11.6 Å². The van der Waals surface area contributed by atoms with E-state index in [1.165, 1.54) is 41.7 Å².